The van der Waals surface area contributed by atoms with Gasteiger partial charge in [0, 0.05) is 33.2 Å². The quantitative estimate of drug-likeness (QED) is 0.395. The summed E-state index contributed by atoms with van der Waals surface area (Å²) in [5.74, 6) is 0. The van der Waals surface area contributed by atoms with Crippen LogP contribution >= 0.6 is 8.60 Å². The molecule has 6 atom stereocenters. The van der Waals surface area contributed by atoms with E-state index >= 15 is 0 Å². The predicted octanol–water partition coefficient (Wildman–Crippen LogP) is 4.13. The summed E-state index contributed by atoms with van der Waals surface area (Å²) in [5.41, 5.74) is -2.27. The molecule has 0 spiro atoms. The Kier molecular flexibility index (Phi) is 9.42. The van der Waals surface area contributed by atoms with Crippen LogP contribution in [0, 0.1) is 0 Å². The minimum Gasteiger partial charge on any atom is -0.390 e. The highest BCUT2D eigenvalue weighted by Crippen LogP contribution is 2.55. The van der Waals surface area contributed by atoms with E-state index in [-0.39, 0.29) is 16.6 Å². The Hall–Kier alpha value is 0.0700. The van der Waals surface area contributed by atoms with Gasteiger partial charge in [0.1, 0.15) is 18.3 Å². The van der Waals surface area contributed by atoms with E-state index in [1.807, 2.05) is 0 Å². The number of hydrogen-bond donors (Lipinski definition) is 3. The Morgan fingerprint density at radius 1 is 0.475 bits per heavy atom. The first-order valence-corrected chi connectivity index (χ1v) is 16.0. The summed E-state index contributed by atoms with van der Waals surface area (Å²) in [6, 6.07) is 0. The molecule has 40 heavy (non-hydrogen) atoms. The molecule has 3 aliphatic heterocycles. The van der Waals surface area contributed by atoms with Gasteiger partial charge in [0.15, 0.2) is 0 Å². The van der Waals surface area contributed by atoms with Gasteiger partial charge in [-0.15, -0.1) is 0 Å². The Balaban J connectivity index is 2.00. The van der Waals surface area contributed by atoms with Gasteiger partial charge in [-0.05, 0) is 123 Å². The summed E-state index contributed by atoms with van der Waals surface area (Å²) < 4.78 is 20.1. The standard InChI is InChI=1S/C30H60N3O6P/c1-25(2)16-19(34)22(28(7,8)31(25)13)37-40(38-23-20(35)17-26(3,4)32(14)29(23,9)10)39-24-21(36)18-27(5,6)33(15)30(24,11)12/h19-24,34-36H,16-18H2,1-15H3. The van der Waals surface area contributed by atoms with Gasteiger partial charge in [-0.3, -0.25) is 14.7 Å². The minimum atomic E-state index is -2.09. The highest BCUT2D eigenvalue weighted by Gasteiger charge is 2.57. The summed E-state index contributed by atoms with van der Waals surface area (Å²) in [4.78, 5) is 6.74. The second kappa shape index (κ2) is 10.9. The van der Waals surface area contributed by atoms with E-state index in [0.29, 0.717) is 19.3 Å². The van der Waals surface area contributed by atoms with Gasteiger partial charge in [-0.25, -0.2) is 0 Å². The molecule has 0 saturated carbocycles. The monoisotopic (exact) mass is 589 g/mol. The van der Waals surface area contributed by atoms with Gasteiger partial charge in [0.25, 0.3) is 0 Å². The Morgan fingerprint density at radius 2 is 0.675 bits per heavy atom. The van der Waals surface area contributed by atoms with E-state index < -0.39 is 61.8 Å². The van der Waals surface area contributed by atoms with Crippen LogP contribution in [0.15, 0.2) is 0 Å². The van der Waals surface area contributed by atoms with Crippen molar-refractivity contribution in [2.45, 2.75) is 172 Å². The van der Waals surface area contributed by atoms with E-state index in [4.69, 9.17) is 13.6 Å². The van der Waals surface area contributed by atoms with Crippen LogP contribution in [0.1, 0.15) is 102 Å². The summed E-state index contributed by atoms with van der Waals surface area (Å²) >= 11 is 0. The van der Waals surface area contributed by atoms with Crippen LogP contribution in [0.25, 0.3) is 0 Å². The number of rotatable bonds is 6. The number of piperidine rings is 3. The van der Waals surface area contributed by atoms with Crippen molar-refractivity contribution in [3.05, 3.63) is 0 Å². The lowest BCUT2D eigenvalue weighted by Gasteiger charge is -2.59. The molecule has 3 saturated heterocycles. The first-order chi connectivity index (χ1) is 17.8. The van der Waals surface area contributed by atoms with Crippen LogP contribution < -0.4 is 0 Å². The molecule has 3 heterocycles. The molecule has 0 bridgehead atoms. The fourth-order valence-corrected chi connectivity index (χ4v) is 9.44. The Labute approximate surface area is 245 Å². The van der Waals surface area contributed by atoms with Crippen LogP contribution in [0.2, 0.25) is 0 Å². The van der Waals surface area contributed by atoms with Crippen molar-refractivity contribution >= 4 is 8.60 Å². The number of aliphatic hydroxyl groups is 3. The zero-order chi connectivity index (χ0) is 31.0. The lowest BCUT2D eigenvalue weighted by Crippen LogP contribution is -2.69. The molecule has 0 aromatic carbocycles. The third kappa shape index (κ3) is 6.04. The van der Waals surface area contributed by atoms with Crippen LogP contribution in [-0.4, -0.2) is 121 Å². The Morgan fingerprint density at radius 3 is 0.875 bits per heavy atom. The summed E-state index contributed by atoms with van der Waals surface area (Å²) in [7, 11) is 4.08. The molecule has 3 rings (SSSR count). The Bertz CT molecular complexity index is 796. The fraction of sp³-hybridized carbons (Fsp3) is 1.00. The zero-order valence-corrected chi connectivity index (χ0v) is 28.8. The van der Waals surface area contributed by atoms with E-state index in [2.05, 4.69) is 119 Å². The molecule has 0 aromatic heterocycles. The predicted molar refractivity (Wildman–Crippen MR) is 161 cm³/mol. The van der Waals surface area contributed by atoms with Crippen LogP contribution in [0.5, 0.6) is 0 Å². The van der Waals surface area contributed by atoms with Crippen LogP contribution in [-0.2, 0) is 13.6 Å². The third-order valence-electron chi connectivity index (χ3n) is 11.2. The number of aliphatic hydroxyl groups excluding tert-OH is 3. The SMILES string of the molecule is CN1C(C)(C)CC(O)C(OP(OC2C(O)CC(C)(C)N(C)C2(C)C)OC2C(O)CC(C)(C)N(C)C2(C)C)C1(C)C. The maximum Gasteiger partial charge on any atom is 0.333 e. The van der Waals surface area contributed by atoms with Gasteiger partial charge >= 0.3 is 8.60 Å². The van der Waals surface area contributed by atoms with Crippen molar-refractivity contribution < 1.29 is 28.9 Å². The van der Waals surface area contributed by atoms with Crippen LogP contribution in [0.3, 0.4) is 0 Å². The van der Waals surface area contributed by atoms with E-state index in [1.54, 1.807) is 0 Å². The maximum absolute atomic E-state index is 11.4. The van der Waals surface area contributed by atoms with Crippen LogP contribution in [0.4, 0.5) is 0 Å². The van der Waals surface area contributed by atoms with Crippen molar-refractivity contribution in [2.75, 3.05) is 21.1 Å². The van der Waals surface area contributed by atoms with E-state index in [0.717, 1.165) is 0 Å². The largest absolute Gasteiger partial charge is 0.390 e. The second-order valence-electron chi connectivity index (χ2n) is 16.2. The maximum atomic E-state index is 11.4. The molecular formula is C30H60N3O6P. The molecular weight excluding hydrogens is 529 g/mol. The second-order valence-corrected chi connectivity index (χ2v) is 17.3. The molecule has 3 aliphatic rings. The lowest BCUT2D eigenvalue weighted by molar-refractivity contribution is -0.178. The lowest BCUT2D eigenvalue weighted by atomic mass is 9.77. The first-order valence-electron chi connectivity index (χ1n) is 14.9. The molecule has 3 fully saturated rings. The normalized spacial score (nSPS) is 40.0. The molecule has 0 aromatic rings. The summed E-state index contributed by atoms with van der Waals surface area (Å²) in [6.45, 7) is 25.2. The topological polar surface area (TPSA) is 98.1 Å². The number of likely N-dealkylation sites (N-methyl/N-ethyl adjacent to an activating group) is 3. The molecule has 9 nitrogen and oxygen atoms in total. The highest BCUT2D eigenvalue weighted by atomic mass is 31.2. The van der Waals surface area contributed by atoms with Gasteiger partial charge < -0.3 is 28.9 Å². The molecule has 10 heteroatoms. The van der Waals surface area contributed by atoms with Crippen molar-refractivity contribution in [3.63, 3.8) is 0 Å². The molecule has 6 unspecified atom stereocenters. The average molecular weight is 590 g/mol. The van der Waals surface area contributed by atoms with Gasteiger partial charge in [-0.2, -0.15) is 0 Å². The van der Waals surface area contributed by atoms with Gasteiger partial charge in [-0.1, -0.05) is 0 Å². The number of hydrogen-bond acceptors (Lipinski definition) is 9. The first kappa shape index (κ1) is 34.6. The van der Waals surface area contributed by atoms with Gasteiger partial charge in [0.05, 0.1) is 18.3 Å². The molecule has 0 radical (unpaired) electrons. The van der Waals surface area contributed by atoms with E-state index in [1.165, 1.54) is 0 Å². The molecule has 0 amide bonds. The molecule has 0 aliphatic carbocycles. The highest BCUT2D eigenvalue weighted by molar-refractivity contribution is 7.41. The summed E-state index contributed by atoms with van der Waals surface area (Å²) in [5, 5.41) is 34.1. The van der Waals surface area contributed by atoms with Crippen molar-refractivity contribution in [3.8, 4) is 0 Å². The average Bonchev–Trinajstić information content (AvgIpc) is 2.77. The fourth-order valence-electron chi connectivity index (χ4n) is 7.54. The van der Waals surface area contributed by atoms with Crippen molar-refractivity contribution in [2.24, 2.45) is 0 Å². The third-order valence-corrected chi connectivity index (χ3v) is 12.4. The summed E-state index contributed by atoms with van der Waals surface area (Å²) in [6.07, 6.45) is -2.44. The number of likely N-dealkylation sites (tertiary alicyclic amines) is 3. The van der Waals surface area contributed by atoms with Crippen molar-refractivity contribution in [1.29, 1.82) is 0 Å². The van der Waals surface area contributed by atoms with Crippen molar-refractivity contribution in [1.82, 2.24) is 14.7 Å². The molecule has 236 valence electrons. The zero-order valence-electron chi connectivity index (χ0n) is 27.9. The smallest absolute Gasteiger partial charge is 0.333 e. The number of nitrogens with zero attached hydrogens (tertiary/aromatic N) is 3. The minimum absolute atomic E-state index is 0.223. The molecule has 3 N–H and O–H groups in total. The van der Waals surface area contributed by atoms with Gasteiger partial charge in [0.2, 0.25) is 0 Å². The van der Waals surface area contributed by atoms with E-state index in [9.17, 15) is 15.3 Å².